The van der Waals surface area contributed by atoms with E-state index in [1.165, 1.54) is 13.3 Å². The predicted octanol–water partition coefficient (Wildman–Crippen LogP) is -2.07. The zero-order valence-electron chi connectivity index (χ0n) is 12.6. The van der Waals surface area contributed by atoms with Crippen molar-refractivity contribution in [2.75, 3.05) is 19.5 Å². The van der Waals surface area contributed by atoms with Gasteiger partial charge in [0.15, 0.2) is 0 Å². The van der Waals surface area contributed by atoms with Crippen LogP contribution in [0.3, 0.4) is 0 Å². The molecule has 124 valence electrons. The summed E-state index contributed by atoms with van der Waals surface area (Å²) in [5.41, 5.74) is 3.64. The Balaban J connectivity index is 2.67. The Hall–Kier alpha value is -1.52. The van der Waals surface area contributed by atoms with Crippen molar-refractivity contribution in [1.82, 2.24) is 9.55 Å². The monoisotopic (exact) mass is 315 g/mol. The van der Waals surface area contributed by atoms with Gasteiger partial charge in [-0.15, -0.1) is 0 Å². The van der Waals surface area contributed by atoms with Gasteiger partial charge >= 0.3 is 5.69 Å². The summed E-state index contributed by atoms with van der Waals surface area (Å²) in [5.74, 6) is 0.0632. The number of aryl methyl sites for hydroxylation is 1. The summed E-state index contributed by atoms with van der Waals surface area (Å²) < 4.78 is 11.9. The molecule has 1 aromatic heterocycles. The lowest BCUT2D eigenvalue weighted by Gasteiger charge is -2.38. The Morgan fingerprint density at radius 3 is 2.73 bits per heavy atom. The zero-order chi connectivity index (χ0) is 16.7. The highest BCUT2D eigenvalue weighted by atomic mass is 16.6. The Labute approximate surface area is 126 Å². The molecule has 1 unspecified atom stereocenters. The molecule has 1 aliphatic heterocycles. The number of methoxy groups -OCH3 is 1. The summed E-state index contributed by atoms with van der Waals surface area (Å²) in [5, 5.41) is 29.8. The molecule has 0 aliphatic carbocycles. The van der Waals surface area contributed by atoms with E-state index in [1.54, 1.807) is 13.8 Å². The van der Waals surface area contributed by atoms with E-state index in [9.17, 15) is 20.1 Å². The molecule has 2 rings (SSSR count). The highest BCUT2D eigenvalue weighted by molar-refractivity contribution is 5.35. The van der Waals surface area contributed by atoms with Crippen LogP contribution in [0.4, 0.5) is 5.82 Å². The smallest absolute Gasteiger partial charge is 0.352 e. The maximum Gasteiger partial charge on any atom is 0.352 e. The van der Waals surface area contributed by atoms with Gasteiger partial charge in [0, 0.05) is 18.9 Å². The Bertz CT molecular complexity index is 606. The van der Waals surface area contributed by atoms with Gasteiger partial charge in [-0.25, -0.2) is 4.79 Å². The molecule has 9 heteroatoms. The number of aliphatic hydroxyl groups excluding tert-OH is 3. The molecule has 0 bridgehead atoms. The van der Waals surface area contributed by atoms with Crippen LogP contribution in [0.2, 0.25) is 0 Å². The second-order valence-electron chi connectivity index (χ2n) is 5.37. The van der Waals surface area contributed by atoms with Crippen molar-refractivity contribution in [1.29, 1.82) is 0 Å². The third-order valence-electron chi connectivity index (χ3n) is 4.11. The summed E-state index contributed by atoms with van der Waals surface area (Å²) in [4.78, 5) is 15.9. The molecule has 1 saturated heterocycles. The van der Waals surface area contributed by atoms with Crippen molar-refractivity contribution in [3.63, 3.8) is 0 Å². The Kier molecular flexibility index (Phi) is 4.54. The lowest BCUT2D eigenvalue weighted by molar-refractivity contribution is -0.212. The van der Waals surface area contributed by atoms with Crippen molar-refractivity contribution in [2.45, 2.75) is 44.0 Å². The maximum absolute atomic E-state index is 12.2. The molecule has 2 heterocycles. The highest BCUT2D eigenvalue weighted by Gasteiger charge is 2.59. The van der Waals surface area contributed by atoms with Crippen LogP contribution in [-0.2, 0) is 15.2 Å². The van der Waals surface area contributed by atoms with E-state index in [1.807, 2.05) is 0 Å². The van der Waals surface area contributed by atoms with E-state index in [4.69, 9.17) is 15.2 Å². The molecular formula is C13H21N3O6. The number of ether oxygens (including phenoxy) is 2. The molecule has 9 nitrogen and oxygen atoms in total. The zero-order valence-corrected chi connectivity index (χ0v) is 12.6. The molecule has 22 heavy (non-hydrogen) atoms. The molecule has 0 amide bonds. The Morgan fingerprint density at radius 1 is 1.59 bits per heavy atom. The number of rotatable bonds is 4. The van der Waals surface area contributed by atoms with Crippen molar-refractivity contribution < 1.29 is 24.8 Å². The van der Waals surface area contributed by atoms with Gasteiger partial charge < -0.3 is 30.5 Å². The van der Waals surface area contributed by atoms with E-state index in [2.05, 4.69) is 4.98 Å². The molecule has 5 atom stereocenters. The second-order valence-corrected chi connectivity index (χ2v) is 5.37. The summed E-state index contributed by atoms with van der Waals surface area (Å²) in [6.07, 6.45) is -3.36. The molecule has 0 radical (unpaired) electrons. The van der Waals surface area contributed by atoms with Crippen LogP contribution in [0.1, 0.15) is 12.5 Å². The van der Waals surface area contributed by atoms with E-state index in [0.717, 1.165) is 4.57 Å². The summed E-state index contributed by atoms with van der Waals surface area (Å²) in [6.45, 7) is 2.70. The highest BCUT2D eigenvalue weighted by Crippen LogP contribution is 2.38. The second kappa shape index (κ2) is 5.94. The number of nitrogens with two attached hydrogens (primary N) is 1. The molecule has 0 aromatic carbocycles. The van der Waals surface area contributed by atoms with Gasteiger partial charge in [0.2, 0.25) is 5.72 Å². The van der Waals surface area contributed by atoms with Crippen molar-refractivity contribution in [3.05, 3.63) is 22.2 Å². The van der Waals surface area contributed by atoms with Gasteiger partial charge in [0.25, 0.3) is 0 Å². The minimum absolute atomic E-state index is 0.0632. The number of aliphatic hydroxyl groups is 3. The van der Waals surface area contributed by atoms with Crippen LogP contribution >= 0.6 is 0 Å². The lowest BCUT2D eigenvalue weighted by Crippen LogP contribution is -2.57. The first kappa shape index (κ1) is 16.8. The van der Waals surface area contributed by atoms with E-state index in [0.29, 0.717) is 5.56 Å². The first-order chi connectivity index (χ1) is 10.3. The normalized spacial score (nSPS) is 33.1. The lowest BCUT2D eigenvalue weighted by atomic mass is 9.97. The third-order valence-corrected chi connectivity index (χ3v) is 4.11. The van der Waals surface area contributed by atoms with Crippen LogP contribution in [0, 0.1) is 6.92 Å². The number of hydrogen-bond acceptors (Lipinski definition) is 8. The molecular weight excluding hydrogens is 294 g/mol. The van der Waals surface area contributed by atoms with Gasteiger partial charge in [-0.1, -0.05) is 0 Å². The standard InChI is InChI=1S/C13H21N3O6/c1-6-4-16(12(20)15-11(6)14)13(7(2)21-3)10(19)9(18)8(5-17)22-13/h4,7-10,17-19H,5H2,1-3H3,(H2,14,15,20)/t7?,8-,9-,10-,13-/m1/s1. The fourth-order valence-corrected chi connectivity index (χ4v) is 2.69. The molecule has 1 fully saturated rings. The van der Waals surface area contributed by atoms with Crippen LogP contribution in [0.15, 0.2) is 11.0 Å². The molecule has 0 saturated carbocycles. The van der Waals surface area contributed by atoms with Gasteiger partial charge in [-0.05, 0) is 13.8 Å². The maximum atomic E-state index is 12.2. The van der Waals surface area contributed by atoms with E-state index >= 15 is 0 Å². The predicted molar refractivity (Wildman–Crippen MR) is 76.1 cm³/mol. The average Bonchev–Trinajstić information content (AvgIpc) is 2.75. The molecule has 0 spiro atoms. The largest absolute Gasteiger partial charge is 0.394 e. The van der Waals surface area contributed by atoms with Crippen molar-refractivity contribution >= 4 is 5.82 Å². The molecule has 5 N–H and O–H groups in total. The van der Waals surface area contributed by atoms with Gasteiger partial charge in [-0.3, -0.25) is 4.57 Å². The van der Waals surface area contributed by atoms with E-state index < -0.39 is 42.4 Å². The van der Waals surface area contributed by atoms with Crippen LogP contribution < -0.4 is 11.4 Å². The minimum Gasteiger partial charge on any atom is -0.394 e. The first-order valence-electron chi connectivity index (χ1n) is 6.83. The van der Waals surface area contributed by atoms with Gasteiger partial charge in [0.05, 0.1) is 6.61 Å². The number of nitrogen functional groups attached to an aromatic ring is 1. The minimum atomic E-state index is -1.72. The van der Waals surface area contributed by atoms with Crippen LogP contribution in [0.5, 0.6) is 0 Å². The summed E-state index contributed by atoms with van der Waals surface area (Å²) >= 11 is 0. The average molecular weight is 315 g/mol. The van der Waals surface area contributed by atoms with Gasteiger partial charge in [0.1, 0.15) is 30.2 Å². The summed E-state index contributed by atoms with van der Waals surface area (Å²) in [7, 11) is 1.38. The third kappa shape index (κ3) is 2.31. The quantitative estimate of drug-likeness (QED) is 0.497. The fraction of sp³-hybridized carbons (Fsp3) is 0.692. The first-order valence-corrected chi connectivity index (χ1v) is 6.83. The summed E-state index contributed by atoms with van der Waals surface area (Å²) in [6, 6.07) is 0. The number of anilines is 1. The van der Waals surface area contributed by atoms with Crippen LogP contribution in [0.25, 0.3) is 0 Å². The topological polar surface area (TPSA) is 140 Å². The van der Waals surface area contributed by atoms with E-state index in [-0.39, 0.29) is 5.82 Å². The van der Waals surface area contributed by atoms with Crippen molar-refractivity contribution in [3.8, 4) is 0 Å². The van der Waals surface area contributed by atoms with Crippen molar-refractivity contribution in [2.24, 2.45) is 0 Å². The number of nitrogens with zero attached hydrogens (tertiary/aromatic N) is 2. The van der Waals surface area contributed by atoms with Crippen LogP contribution in [-0.4, -0.2) is 63.0 Å². The Morgan fingerprint density at radius 2 is 2.23 bits per heavy atom. The number of hydrogen-bond donors (Lipinski definition) is 4. The number of aromatic nitrogens is 2. The molecule has 1 aromatic rings. The van der Waals surface area contributed by atoms with Gasteiger partial charge in [-0.2, -0.15) is 4.98 Å². The SMILES string of the molecule is COC(C)[C@@]1(n2cc(C)c(N)nc2=O)O[C@H](CO)[C@@H](O)[C@H]1O. The molecule has 1 aliphatic rings. The fourth-order valence-electron chi connectivity index (χ4n) is 2.69.